The molecule has 6 nitrogen and oxygen atoms in total. The lowest BCUT2D eigenvalue weighted by molar-refractivity contribution is -0.114. The lowest BCUT2D eigenvalue weighted by Crippen LogP contribution is -2.22. The molecule has 1 rings (SSSR count). The number of anilines is 2. The molecule has 1 aromatic carbocycles. The highest BCUT2D eigenvalue weighted by Crippen LogP contribution is 2.16. The fraction of sp³-hybridized carbons (Fsp3) is 0.300. The molecule has 0 aliphatic carbocycles. The number of sulfonamides is 1. The van der Waals surface area contributed by atoms with Crippen LogP contribution in [-0.4, -0.2) is 26.6 Å². The standard InChI is InChI=1S/C10H15N3O3S/c1-8(14)12-9-3-2-4-10(7-9)13-17(15,16)6-5-11/h2-4,7,13H,5-6,11H2,1H3,(H,12,14). The zero-order valence-corrected chi connectivity index (χ0v) is 10.3. The number of rotatable bonds is 5. The molecule has 17 heavy (non-hydrogen) atoms. The molecule has 0 atom stereocenters. The second kappa shape index (κ2) is 5.65. The maximum atomic E-state index is 11.5. The van der Waals surface area contributed by atoms with Gasteiger partial charge in [-0.1, -0.05) is 6.07 Å². The minimum Gasteiger partial charge on any atom is -0.329 e. The SMILES string of the molecule is CC(=O)Nc1cccc(NS(=O)(=O)CCN)c1. The van der Waals surface area contributed by atoms with Gasteiger partial charge in [0.15, 0.2) is 0 Å². The number of amides is 1. The Bertz CT molecular complexity index is 499. The summed E-state index contributed by atoms with van der Waals surface area (Å²) in [4.78, 5) is 10.8. The van der Waals surface area contributed by atoms with Crippen LogP contribution in [-0.2, 0) is 14.8 Å². The average molecular weight is 257 g/mol. The molecule has 0 saturated heterocycles. The van der Waals surface area contributed by atoms with Gasteiger partial charge in [0.1, 0.15) is 0 Å². The quantitative estimate of drug-likeness (QED) is 0.708. The normalized spacial score (nSPS) is 10.9. The Morgan fingerprint density at radius 3 is 2.59 bits per heavy atom. The molecule has 94 valence electrons. The molecule has 0 radical (unpaired) electrons. The van der Waals surface area contributed by atoms with Crippen molar-refractivity contribution in [2.75, 3.05) is 22.3 Å². The van der Waals surface area contributed by atoms with E-state index in [0.717, 1.165) is 0 Å². The summed E-state index contributed by atoms with van der Waals surface area (Å²) in [6, 6.07) is 6.45. The topological polar surface area (TPSA) is 101 Å². The third-order valence-corrected chi connectivity index (χ3v) is 3.16. The molecule has 1 aromatic rings. The lowest BCUT2D eigenvalue weighted by atomic mass is 10.3. The first-order valence-corrected chi connectivity index (χ1v) is 6.66. The fourth-order valence-corrected chi connectivity index (χ4v) is 2.15. The molecule has 0 aliphatic heterocycles. The van der Waals surface area contributed by atoms with Gasteiger partial charge in [0, 0.05) is 19.2 Å². The number of nitrogens with two attached hydrogens (primary N) is 1. The van der Waals surface area contributed by atoms with Crippen LogP contribution in [0.5, 0.6) is 0 Å². The molecule has 0 bridgehead atoms. The largest absolute Gasteiger partial charge is 0.329 e. The van der Waals surface area contributed by atoms with Gasteiger partial charge >= 0.3 is 0 Å². The van der Waals surface area contributed by atoms with Gasteiger partial charge in [-0.2, -0.15) is 0 Å². The Balaban J connectivity index is 2.82. The van der Waals surface area contributed by atoms with Gasteiger partial charge in [-0.3, -0.25) is 9.52 Å². The first-order valence-electron chi connectivity index (χ1n) is 5.01. The summed E-state index contributed by atoms with van der Waals surface area (Å²) in [6.45, 7) is 1.44. The van der Waals surface area contributed by atoms with Crippen LogP contribution in [0.25, 0.3) is 0 Å². The summed E-state index contributed by atoms with van der Waals surface area (Å²) < 4.78 is 25.3. The Morgan fingerprint density at radius 2 is 2.00 bits per heavy atom. The van der Waals surface area contributed by atoms with Crippen molar-refractivity contribution in [3.05, 3.63) is 24.3 Å². The molecular weight excluding hydrogens is 242 g/mol. The van der Waals surface area contributed by atoms with Gasteiger partial charge in [-0.25, -0.2) is 8.42 Å². The summed E-state index contributed by atoms with van der Waals surface area (Å²) in [5.41, 5.74) is 6.11. The molecule has 0 aromatic heterocycles. The van der Waals surface area contributed by atoms with E-state index < -0.39 is 10.0 Å². The summed E-state index contributed by atoms with van der Waals surface area (Å²) in [7, 11) is -3.42. The van der Waals surface area contributed by atoms with E-state index in [1.54, 1.807) is 18.2 Å². The number of benzene rings is 1. The van der Waals surface area contributed by atoms with E-state index in [1.165, 1.54) is 13.0 Å². The van der Waals surface area contributed by atoms with Crippen LogP contribution in [0.15, 0.2) is 24.3 Å². The van der Waals surface area contributed by atoms with Crippen molar-refractivity contribution in [1.82, 2.24) is 0 Å². The number of carbonyl (C=O) groups is 1. The third-order valence-electron chi connectivity index (χ3n) is 1.84. The molecule has 0 spiro atoms. The van der Waals surface area contributed by atoms with Gasteiger partial charge in [-0.15, -0.1) is 0 Å². The molecule has 0 unspecified atom stereocenters. The summed E-state index contributed by atoms with van der Waals surface area (Å²) in [5.74, 6) is -0.357. The molecule has 0 saturated carbocycles. The number of carbonyl (C=O) groups excluding carboxylic acids is 1. The first-order chi connectivity index (χ1) is 7.93. The number of hydrogen-bond acceptors (Lipinski definition) is 4. The molecule has 0 fully saturated rings. The Morgan fingerprint density at radius 1 is 1.35 bits per heavy atom. The Kier molecular flexibility index (Phi) is 4.47. The van der Waals surface area contributed by atoms with Crippen LogP contribution < -0.4 is 15.8 Å². The van der Waals surface area contributed by atoms with Crippen molar-refractivity contribution in [1.29, 1.82) is 0 Å². The highest BCUT2D eigenvalue weighted by Gasteiger charge is 2.09. The molecule has 0 heterocycles. The average Bonchev–Trinajstić information content (AvgIpc) is 2.15. The van der Waals surface area contributed by atoms with Gasteiger partial charge in [0.2, 0.25) is 15.9 Å². The zero-order chi connectivity index (χ0) is 12.9. The van der Waals surface area contributed by atoms with Crippen molar-refractivity contribution in [3.8, 4) is 0 Å². The summed E-state index contributed by atoms with van der Waals surface area (Å²) >= 11 is 0. The van der Waals surface area contributed by atoms with E-state index in [1.807, 2.05) is 0 Å². The highest BCUT2D eigenvalue weighted by molar-refractivity contribution is 7.92. The zero-order valence-electron chi connectivity index (χ0n) is 9.43. The van der Waals surface area contributed by atoms with Gasteiger partial charge < -0.3 is 11.1 Å². The van der Waals surface area contributed by atoms with E-state index in [9.17, 15) is 13.2 Å². The number of hydrogen-bond donors (Lipinski definition) is 3. The molecule has 4 N–H and O–H groups in total. The summed E-state index contributed by atoms with van der Waals surface area (Å²) in [6.07, 6.45) is 0. The molecule has 7 heteroatoms. The van der Waals surface area contributed by atoms with Crippen molar-refractivity contribution in [3.63, 3.8) is 0 Å². The Labute approximate surface area is 100 Å². The van der Waals surface area contributed by atoms with Crippen molar-refractivity contribution in [2.45, 2.75) is 6.92 Å². The second-order valence-electron chi connectivity index (χ2n) is 3.47. The van der Waals surface area contributed by atoms with Crippen LogP contribution in [0, 0.1) is 0 Å². The molecule has 1 amide bonds. The maximum absolute atomic E-state index is 11.5. The van der Waals surface area contributed by atoms with Crippen LogP contribution >= 0.6 is 0 Å². The van der Waals surface area contributed by atoms with Crippen molar-refractivity contribution in [2.24, 2.45) is 5.73 Å². The second-order valence-corrected chi connectivity index (χ2v) is 5.31. The molecule has 0 aliphatic rings. The van der Waals surface area contributed by atoms with Crippen LogP contribution in [0.4, 0.5) is 11.4 Å². The first kappa shape index (κ1) is 13.5. The Hall–Kier alpha value is -1.60. The van der Waals surface area contributed by atoms with E-state index in [2.05, 4.69) is 10.0 Å². The van der Waals surface area contributed by atoms with E-state index in [-0.39, 0.29) is 18.2 Å². The number of nitrogens with one attached hydrogen (secondary N) is 2. The van der Waals surface area contributed by atoms with E-state index in [4.69, 9.17) is 5.73 Å². The van der Waals surface area contributed by atoms with E-state index >= 15 is 0 Å². The fourth-order valence-electron chi connectivity index (χ4n) is 1.25. The third kappa shape index (κ3) is 4.83. The van der Waals surface area contributed by atoms with Gasteiger partial charge in [0.25, 0.3) is 0 Å². The summed E-state index contributed by atoms with van der Waals surface area (Å²) in [5, 5.41) is 2.56. The predicted molar refractivity (Wildman–Crippen MR) is 67.2 cm³/mol. The minimum atomic E-state index is -3.42. The van der Waals surface area contributed by atoms with Crippen LogP contribution in [0.3, 0.4) is 0 Å². The molecular formula is C10H15N3O3S. The van der Waals surface area contributed by atoms with Gasteiger partial charge in [-0.05, 0) is 18.2 Å². The predicted octanol–water partition coefficient (Wildman–Crippen LogP) is 0.345. The lowest BCUT2D eigenvalue weighted by Gasteiger charge is -2.08. The minimum absolute atomic E-state index is 0.0563. The van der Waals surface area contributed by atoms with Crippen molar-refractivity contribution >= 4 is 27.3 Å². The monoisotopic (exact) mass is 257 g/mol. The smallest absolute Gasteiger partial charge is 0.233 e. The highest BCUT2D eigenvalue weighted by atomic mass is 32.2. The van der Waals surface area contributed by atoms with Crippen LogP contribution in [0.2, 0.25) is 0 Å². The van der Waals surface area contributed by atoms with Crippen molar-refractivity contribution < 1.29 is 13.2 Å². The van der Waals surface area contributed by atoms with Gasteiger partial charge in [0.05, 0.1) is 11.4 Å². The van der Waals surface area contributed by atoms with Crippen LogP contribution in [0.1, 0.15) is 6.92 Å². The maximum Gasteiger partial charge on any atom is 0.233 e. The van der Waals surface area contributed by atoms with E-state index in [0.29, 0.717) is 11.4 Å².